The number of carbonyl (C=O) groups is 1. The van der Waals surface area contributed by atoms with Gasteiger partial charge in [-0.3, -0.25) is 4.79 Å². The fourth-order valence-electron chi connectivity index (χ4n) is 3.14. The van der Waals surface area contributed by atoms with E-state index >= 15 is 0 Å². The Hall–Kier alpha value is -2.55. The van der Waals surface area contributed by atoms with Crippen LogP contribution in [-0.2, 0) is 10.2 Å². The van der Waals surface area contributed by atoms with Crippen molar-refractivity contribution in [3.05, 3.63) is 77.2 Å². The molecule has 0 saturated heterocycles. The Morgan fingerprint density at radius 2 is 1.86 bits per heavy atom. The van der Waals surface area contributed by atoms with E-state index in [2.05, 4.69) is 30.9 Å². The molecule has 0 radical (unpaired) electrons. The van der Waals surface area contributed by atoms with Crippen LogP contribution in [0.2, 0.25) is 0 Å². The molecule has 0 bridgehead atoms. The molecule has 0 atom stereocenters. The van der Waals surface area contributed by atoms with E-state index in [-0.39, 0.29) is 17.0 Å². The van der Waals surface area contributed by atoms with E-state index in [0.717, 1.165) is 5.70 Å². The highest BCUT2D eigenvalue weighted by Crippen LogP contribution is 2.46. The standard InChI is InChI=1S/C19H19NO2/c1-19(2)15-6-4-5-7-16(15)20(3)18(19)11-8-13-12-14(21)9-10-17(13)22/h4-12,21H,1-3H3/b13-8-,18-11-. The molecule has 112 valence electrons. The number of ketones is 1. The number of aliphatic hydroxyl groups is 1. The first-order chi connectivity index (χ1) is 10.4. The van der Waals surface area contributed by atoms with Crippen LogP contribution < -0.4 is 4.90 Å². The molecule has 1 aliphatic carbocycles. The highest BCUT2D eigenvalue weighted by atomic mass is 16.3. The fourth-order valence-corrected chi connectivity index (χ4v) is 3.14. The Kier molecular flexibility index (Phi) is 3.28. The van der Waals surface area contributed by atoms with Crippen LogP contribution in [0.25, 0.3) is 0 Å². The summed E-state index contributed by atoms with van der Waals surface area (Å²) in [5, 5.41) is 9.54. The van der Waals surface area contributed by atoms with Crippen LogP contribution >= 0.6 is 0 Å². The van der Waals surface area contributed by atoms with Gasteiger partial charge in [0.25, 0.3) is 0 Å². The second-order valence-electron chi connectivity index (χ2n) is 6.14. The lowest BCUT2D eigenvalue weighted by Crippen LogP contribution is -2.22. The van der Waals surface area contributed by atoms with Crippen molar-refractivity contribution in [2.75, 3.05) is 11.9 Å². The van der Waals surface area contributed by atoms with E-state index in [0.29, 0.717) is 5.57 Å². The van der Waals surface area contributed by atoms with Crippen molar-refractivity contribution >= 4 is 11.5 Å². The molecular weight excluding hydrogens is 274 g/mol. The van der Waals surface area contributed by atoms with Crippen LogP contribution in [0.15, 0.2) is 71.7 Å². The van der Waals surface area contributed by atoms with Gasteiger partial charge in [-0.25, -0.2) is 0 Å². The summed E-state index contributed by atoms with van der Waals surface area (Å²) in [7, 11) is 2.04. The Morgan fingerprint density at radius 1 is 1.14 bits per heavy atom. The first kappa shape index (κ1) is 14.4. The highest BCUT2D eigenvalue weighted by Gasteiger charge is 2.37. The van der Waals surface area contributed by atoms with E-state index in [1.807, 2.05) is 25.3 Å². The second-order valence-corrected chi connectivity index (χ2v) is 6.14. The molecule has 1 aromatic rings. The number of benzene rings is 1. The zero-order valence-corrected chi connectivity index (χ0v) is 13.0. The van der Waals surface area contributed by atoms with Gasteiger partial charge in [0.05, 0.1) is 0 Å². The Morgan fingerprint density at radius 3 is 2.59 bits per heavy atom. The number of carbonyl (C=O) groups excluding carboxylic acids is 1. The Bertz CT molecular complexity index is 763. The maximum atomic E-state index is 11.9. The zero-order valence-electron chi connectivity index (χ0n) is 13.0. The molecule has 0 amide bonds. The summed E-state index contributed by atoms with van der Waals surface area (Å²) in [6, 6.07) is 8.32. The maximum absolute atomic E-state index is 11.9. The molecule has 1 aliphatic heterocycles. The van der Waals surface area contributed by atoms with Crippen molar-refractivity contribution in [1.29, 1.82) is 0 Å². The highest BCUT2D eigenvalue weighted by molar-refractivity contribution is 6.07. The van der Waals surface area contributed by atoms with Crippen LogP contribution in [0.5, 0.6) is 0 Å². The van der Waals surface area contributed by atoms with Gasteiger partial charge in [-0.1, -0.05) is 32.0 Å². The monoisotopic (exact) mass is 293 g/mol. The van der Waals surface area contributed by atoms with Crippen molar-refractivity contribution in [3.8, 4) is 0 Å². The van der Waals surface area contributed by atoms with Crippen molar-refractivity contribution in [2.24, 2.45) is 0 Å². The van der Waals surface area contributed by atoms with Gasteiger partial charge in [0, 0.05) is 29.4 Å². The molecule has 3 heteroatoms. The molecule has 0 spiro atoms. The summed E-state index contributed by atoms with van der Waals surface area (Å²) < 4.78 is 0. The molecule has 0 aromatic heterocycles. The molecule has 22 heavy (non-hydrogen) atoms. The maximum Gasteiger partial charge on any atom is 0.186 e. The van der Waals surface area contributed by atoms with Gasteiger partial charge in [-0.15, -0.1) is 0 Å². The third-order valence-electron chi connectivity index (χ3n) is 4.35. The lowest BCUT2D eigenvalue weighted by atomic mass is 9.83. The number of hydrogen-bond donors (Lipinski definition) is 1. The minimum atomic E-state index is -0.123. The molecule has 0 saturated carbocycles. The van der Waals surface area contributed by atoms with Gasteiger partial charge in [0.15, 0.2) is 5.78 Å². The molecule has 1 aromatic carbocycles. The third kappa shape index (κ3) is 2.19. The van der Waals surface area contributed by atoms with Crippen molar-refractivity contribution in [1.82, 2.24) is 0 Å². The molecule has 3 rings (SSSR count). The number of rotatable bonds is 1. The van der Waals surface area contributed by atoms with Crippen molar-refractivity contribution in [3.63, 3.8) is 0 Å². The van der Waals surface area contributed by atoms with E-state index in [4.69, 9.17) is 0 Å². The molecule has 1 heterocycles. The summed E-state index contributed by atoms with van der Waals surface area (Å²) >= 11 is 0. The first-order valence-electron chi connectivity index (χ1n) is 7.30. The van der Waals surface area contributed by atoms with Crippen molar-refractivity contribution < 1.29 is 9.90 Å². The average molecular weight is 293 g/mol. The third-order valence-corrected chi connectivity index (χ3v) is 4.35. The fraction of sp³-hybridized carbons (Fsp3) is 0.211. The summed E-state index contributed by atoms with van der Waals surface area (Å²) in [4.78, 5) is 14.0. The lowest BCUT2D eigenvalue weighted by molar-refractivity contribution is -0.111. The number of para-hydroxylation sites is 1. The number of anilines is 1. The molecule has 0 unspecified atom stereocenters. The minimum absolute atomic E-state index is 0.0920. The van der Waals surface area contributed by atoms with E-state index in [9.17, 15) is 9.90 Å². The molecule has 0 fully saturated rings. The summed E-state index contributed by atoms with van der Waals surface area (Å²) in [5.74, 6) is 0.0113. The van der Waals surface area contributed by atoms with Gasteiger partial charge in [0.2, 0.25) is 0 Å². The van der Waals surface area contributed by atoms with E-state index < -0.39 is 0 Å². The number of hydrogen-bond acceptors (Lipinski definition) is 3. The quantitative estimate of drug-likeness (QED) is 0.801. The predicted octanol–water partition coefficient (Wildman–Crippen LogP) is 3.81. The van der Waals surface area contributed by atoms with Gasteiger partial charge in [0.1, 0.15) is 5.76 Å². The predicted molar refractivity (Wildman–Crippen MR) is 88.9 cm³/mol. The normalized spacial score (nSPS) is 23.1. The van der Waals surface area contributed by atoms with Gasteiger partial charge < -0.3 is 10.0 Å². The largest absolute Gasteiger partial charge is 0.508 e. The van der Waals surface area contributed by atoms with Crippen LogP contribution in [-0.4, -0.2) is 17.9 Å². The van der Waals surface area contributed by atoms with Gasteiger partial charge >= 0.3 is 0 Å². The Labute approximate surface area is 130 Å². The summed E-state index contributed by atoms with van der Waals surface area (Å²) in [6.07, 6.45) is 8.04. The Balaban J connectivity index is 2.03. The van der Waals surface area contributed by atoms with Gasteiger partial charge in [-0.2, -0.15) is 0 Å². The average Bonchev–Trinajstić information content (AvgIpc) is 2.68. The lowest BCUT2D eigenvalue weighted by Gasteiger charge is -2.23. The molecular formula is C19H19NO2. The van der Waals surface area contributed by atoms with Crippen LogP contribution in [0.4, 0.5) is 5.69 Å². The number of fused-ring (bicyclic) bond motifs is 1. The molecule has 3 nitrogen and oxygen atoms in total. The first-order valence-corrected chi connectivity index (χ1v) is 7.30. The molecule has 1 N–H and O–H groups in total. The van der Waals surface area contributed by atoms with E-state index in [1.54, 1.807) is 6.08 Å². The van der Waals surface area contributed by atoms with Crippen LogP contribution in [0, 0.1) is 0 Å². The summed E-state index contributed by atoms with van der Waals surface area (Å²) in [6.45, 7) is 4.35. The number of aliphatic hydroxyl groups excluding tert-OH is 1. The second kappa shape index (κ2) is 5.02. The SMILES string of the molecule is CN1/C(=C\C=C2\C=C(O)C=CC2=O)C(C)(C)c2ccccc21. The van der Waals surface area contributed by atoms with Crippen LogP contribution in [0.3, 0.4) is 0 Å². The minimum Gasteiger partial charge on any atom is -0.508 e. The molecule has 2 aliphatic rings. The van der Waals surface area contributed by atoms with Crippen molar-refractivity contribution in [2.45, 2.75) is 19.3 Å². The topological polar surface area (TPSA) is 40.5 Å². The number of nitrogens with zero attached hydrogens (tertiary/aromatic N) is 1. The number of likely N-dealkylation sites (N-methyl/N-ethyl adjacent to an activating group) is 1. The van der Waals surface area contributed by atoms with Gasteiger partial charge in [-0.05, 0) is 42.0 Å². The number of allylic oxidation sites excluding steroid dienone is 7. The summed E-state index contributed by atoms with van der Waals surface area (Å²) in [5.41, 5.74) is 3.95. The smallest absolute Gasteiger partial charge is 0.186 e. The zero-order chi connectivity index (χ0) is 15.9. The van der Waals surface area contributed by atoms with Crippen LogP contribution in [0.1, 0.15) is 19.4 Å². The van der Waals surface area contributed by atoms with E-state index in [1.165, 1.54) is 29.5 Å².